The van der Waals surface area contributed by atoms with E-state index < -0.39 is 41.2 Å². The van der Waals surface area contributed by atoms with Crippen LogP contribution < -0.4 is 0 Å². The molecule has 3 aromatic rings. The second kappa shape index (κ2) is 6.00. The van der Waals surface area contributed by atoms with Gasteiger partial charge in [0.1, 0.15) is 4.90 Å². The van der Waals surface area contributed by atoms with E-state index in [-0.39, 0.29) is 10.3 Å². The summed E-state index contributed by atoms with van der Waals surface area (Å²) < 4.78 is 88.6. The highest BCUT2D eigenvalue weighted by Crippen LogP contribution is 2.36. The van der Waals surface area contributed by atoms with Crippen molar-refractivity contribution < 1.29 is 30.0 Å². The van der Waals surface area contributed by atoms with Gasteiger partial charge in [-0.25, -0.2) is 20.8 Å². The van der Waals surface area contributed by atoms with Crippen molar-refractivity contribution in [2.75, 3.05) is 0 Å². The highest BCUT2D eigenvalue weighted by molar-refractivity contribution is 8.14. The van der Waals surface area contributed by atoms with Crippen LogP contribution in [0.2, 0.25) is 0 Å². The molecule has 0 amide bonds. The van der Waals surface area contributed by atoms with Crippen LogP contribution in [0.4, 0.5) is 13.2 Å². The molecule has 0 aliphatic heterocycles. The molecule has 0 bridgehead atoms. The molecule has 5 nitrogen and oxygen atoms in total. The van der Waals surface area contributed by atoms with E-state index >= 15 is 0 Å². The maximum absolute atomic E-state index is 13.0. The minimum atomic E-state index is -4.74. The molecule has 0 unspecified atom stereocenters. The first-order valence-corrected chi connectivity index (χ1v) is 10.6. The van der Waals surface area contributed by atoms with Crippen molar-refractivity contribution >= 4 is 40.7 Å². The molecule has 1 aromatic heterocycles. The first-order valence-electron chi connectivity index (χ1n) is 6.90. The monoisotopic (exact) mass is 423 g/mol. The summed E-state index contributed by atoms with van der Waals surface area (Å²) in [5.74, 6) is 0. The predicted octanol–water partition coefficient (Wildman–Crippen LogP) is 3.82. The number of rotatable bonds is 3. The lowest BCUT2D eigenvalue weighted by atomic mass is 10.1. The van der Waals surface area contributed by atoms with Crippen LogP contribution >= 0.6 is 10.7 Å². The molecule has 1 heterocycles. The van der Waals surface area contributed by atoms with Gasteiger partial charge in [0.25, 0.3) is 19.1 Å². The molecule has 0 aliphatic carbocycles. The number of hydrogen-bond acceptors (Lipinski definition) is 4. The van der Waals surface area contributed by atoms with E-state index in [2.05, 4.69) is 0 Å². The first kappa shape index (κ1) is 18.7. The third kappa shape index (κ3) is 3.19. The summed E-state index contributed by atoms with van der Waals surface area (Å²) in [6.45, 7) is 0. The van der Waals surface area contributed by atoms with Gasteiger partial charge in [0, 0.05) is 22.3 Å². The minimum Gasteiger partial charge on any atom is -0.240 e. The van der Waals surface area contributed by atoms with Crippen molar-refractivity contribution in [1.29, 1.82) is 0 Å². The molecule has 3 rings (SSSR count). The Balaban J connectivity index is 2.41. The van der Waals surface area contributed by atoms with Crippen LogP contribution in [0.5, 0.6) is 0 Å². The van der Waals surface area contributed by atoms with Gasteiger partial charge >= 0.3 is 6.18 Å². The maximum atomic E-state index is 13.0. The fourth-order valence-corrected chi connectivity index (χ4v) is 4.93. The number of aromatic nitrogens is 1. The summed E-state index contributed by atoms with van der Waals surface area (Å²) in [5, 5.41) is -0.229. The second-order valence-corrected chi connectivity index (χ2v) is 9.62. The largest absolute Gasteiger partial charge is 0.416 e. The Kier molecular flexibility index (Phi) is 4.32. The summed E-state index contributed by atoms with van der Waals surface area (Å²) in [6.07, 6.45) is -4.03. The van der Waals surface area contributed by atoms with Crippen LogP contribution in [0.25, 0.3) is 10.9 Å². The van der Waals surface area contributed by atoms with Gasteiger partial charge in [0.15, 0.2) is 0 Å². The normalized spacial score (nSPS) is 13.2. The number of nitrogens with zero attached hydrogens (tertiary/aromatic N) is 1. The average molecular weight is 424 g/mol. The highest BCUT2D eigenvalue weighted by atomic mass is 35.7. The molecule has 0 saturated heterocycles. The Bertz CT molecular complexity index is 1200. The lowest BCUT2D eigenvalue weighted by Crippen LogP contribution is -2.12. The zero-order valence-electron chi connectivity index (χ0n) is 12.6. The van der Waals surface area contributed by atoms with Gasteiger partial charge in [-0.15, -0.1) is 0 Å². The average Bonchev–Trinajstić information content (AvgIpc) is 2.94. The van der Waals surface area contributed by atoms with Crippen LogP contribution in [0.15, 0.2) is 64.5 Å². The summed E-state index contributed by atoms with van der Waals surface area (Å²) in [4.78, 5) is -0.810. The van der Waals surface area contributed by atoms with E-state index in [1.54, 1.807) is 6.07 Å². The van der Waals surface area contributed by atoms with Crippen LogP contribution in [0.3, 0.4) is 0 Å². The van der Waals surface area contributed by atoms with Crippen molar-refractivity contribution in [2.24, 2.45) is 0 Å². The standard InChI is InChI=1S/C15H9ClF3NO4S2/c16-25(21,22)14-9-20(26(23,24)11-4-2-1-3-5-11)13-8-10(15(17,18)19)6-7-12(13)14/h1-9H. The van der Waals surface area contributed by atoms with Crippen LogP contribution in [-0.2, 0) is 25.3 Å². The Hall–Kier alpha value is -2.04. The summed E-state index contributed by atoms with van der Waals surface area (Å²) in [6, 6.07) is 9.01. The quantitative estimate of drug-likeness (QED) is 0.600. The Morgan fingerprint density at radius 2 is 1.54 bits per heavy atom. The van der Waals surface area contributed by atoms with E-state index in [1.807, 2.05) is 0 Å². The topological polar surface area (TPSA) is 73.2 Å². The molecule has 0 fully saturated rings. The Morgan fingerprint density at radius 1 is 0.923 bits per heavy atom. The number of halogens is 4. The lowest BCUT2D eigenvalue weighted by Gasteiger charge is -2.10. The molecule has 2 aromatic carbocycles. The van der Waals surface area contributed by atoms with Crippen LogP contribution in [-0.4, -0.2) is 20.8 Å². The molecule has 138 valence electrons. The predicted molar refractivity (Wildman–Crippen MR) is 89.0 cm³/mol. The Morgan fingerprint density at radius 3 is 2.08 bits per heavy atom. The highest BCUT2D eigenvalue weighted by Gasteiger charge is 2.33. The van der Waals surface area contributed by atoms with Crippen LogP contribution in [0, 0.1) is 0 Å². The zero-order valence-corrected chi connectivity index (χ0v) is 15.0. The van der Waals surface area contributed by atoms with Crippen molar-refractivity contribution in [3.8, 4) is 0 Å². The fraction of sp³-hybridized carbons (Fsp3) is 0.0667. The molecule has 0 aliphatic rings. The Labute approximate surface area is 151 Å². The SMILES string of the molecule is O=S(=O)(Cl)c1cn(S(=O)(=O)c2ccccc2)c2cc(C(F)(F)F)ccc12. The second-order valence-electron chi connectivity index (χ2n) is 5.27. The fourth-order valence-electron chi connectivity index (χ4n) is 2.44. The molecule has 0 spiro atoms. The van der Waals surface area contributed by atoms with Gasteiger partial charge in [0.05, 0.1) is 16.0 Å². The van der Waals surface area contributed by atoms with E-state index in [1.165, 1.54) is 24.3 Å². The van der Waals surface area contributed by atoms with Gasteiger partial charge in [0.2, 0.25) is 0 Å². The van der Waals surface area contributed by atoms with Crippen molar-refractivity contribution in [3.63, 3.8) is 0 Å². The molecule has 0 N–H and O–H groups in total. The van der Waals surface area contributed by atoms with Gasteiger partial charge in [-0.3, -0.25) is 0 Å². The molecule has 0 radical (unpaired) electrons. The van der Waals surface area contributed by atoms with Crippen molar-refractivity contribution in [1.82, 2.24) is 3.97 Å². The molecule has 0 saturated carbocycles. The molecule has 0 atom stereocenters. The van der Waals surface area contributed by atoms with Crippen molar-refractivity contribution in [2.45, 2.75) is 16.0 Å². The van der Waals surface area contributed by atoms with E-state index in [4.69, 9.17) is 10.7 Å². The lowest BCUT2D eigenvalue weighted by molar-refractivity contribution is -0.137. The summed E-state index contributed by atoms with van der Waals surface area (Å²) in [5.41, 5.74) is -1.56. The third-order valence-corrected chi connectivity index (χ3v) is 6.66. The number of benzene rings is 2. The third-order valence-electron chi connectivity index (χ3n) is 3.63. The van der Waals surface area contributed by atoms with Gasteiger partial charge in [-0.1, -0.05) is 24.3 Å². The number of hydrogen-bond donors (Lipinski definition) is 0. The summed E-state index contributed by atoms with van der Waals surface area (Å²) in [7, 11) is -3.42. The first-order chi connectivity index (χ1) is 11.9. The van der Waals surface area contributed by atoms with E-state index in [0.717, 1.165) is 6.07 Å². The summed E-state index contributed by atoms with van der Waals surface area (Å²) >= 11 is 0. The number of alkyl halides is 3. The maximum Gasteiger partial charge on any atom is 0.416 e. The molecule has 11 heteroatoms. The van der Waals surface area contributed by atoms with Gasteiger partial charge in [-0.05, 0) is 24.3 Å². The minimum absolute atomic E-state index is 0.215. The smallest absolute Gasteiger partial charge is 0.240 e. The molecular formula is C15H9ClF3NO4S2. The van der Waals surface area contributed by atoms with E-state index in [9.17, 15) is 30.0 Å². The van der Waals surface area contributed by atoms with Crippen LogP contribution in [0.1, 0.15) is 5.56 Å². The van der Waals surface area contributed by atoms with E-state index in [0.29, 0.717) is 22.3 Å². The molecule has 26 heavy (non-hydrogen) atoms. The van der Waals surface area contributed by atoms with Crippen molar-refractivity contribution in [3.05, 3.63) is 60.3 Å². The van der Waals surface area contributed by atoms with Gasteiger partial charge in [-0.2, -0.15) is 13.2 Å². The zero-order chi connectivity index (χ0) is 19.3. The van der Waals surface area contributed by atoms with Gasteiger partial charge < -0.3 is 0 Å². The molecular weight excluding hydrogens is 415 g/mol. The number of fused-ring (bicyclic) bond motifs is 1.